The fourth-order valence-electron chi connectivity index (χ4n) is 1.96. The van der Waals surface area contributed by atoms with Gasteiger partial charge in [0.25, 0.3) is 0 Å². The lowest BCUT2D eigenvalue weighted by molar-refractivity contribution is 0.0712. The highest BCUT2D eigenvalue weighted by atomic mass is 32.2. The number of sulfonamides is 1. The molecule has 1 saturated carbocycles. The predicted octanol–water partition coefficient (Wildman–Crippen LogP) is 1.11. The molecule has 2 N–H and O–H groups in total. The van der Waals surface area contributed by atoms with Gasteiger partial charge in [-0.2, -0.15) is 0 Å². The Balaban J connectivity index is 2.22. The summed E-state index contributed by atoms with van der Waals surface area (Å²) >= 11 is 0. The number of rotatable bonds is 3. The van der Waals surface area contributed by atoms with Crippen molar-refractivity contribution in [2.45, 2.75) is 43.7 Å². The van der Waals surface area contributed by atoms with Crippen LogP contribution < -0.4 is 4.72 Å². The van der Waals surface area contributed by atoms with Crippen LogP contribution in [0.2, 0.25) is 0 Å². The molecule has 1 aliphatic carbocycles. The van der Waals surface area contributed by atoms with E-state index in [-0.39, 0.29) is 12.1 Å². The molecule has 0 heterocycles. The summed E-state index contributed by atoms with van der Waals surface area (Å²) in [6.45, 7) is 3.65. The van der Waals surface area contributed by atoms with Crippen LogP contribution in [0.15, 0.2) is 23.1 Å². The maximum atomic E-state index is 12.1. The van der Waals surface area contributed by atoms with E-state index in [9.17, 15) is 8.42 Å². The topological polar surface area (TPSA) is 66.4 Å². The van der Waals surface area contributed by atoms with Crippen molar-refractivity contribution in [1.82, 2.24) is 4.72 Å². The number of aryl methyl sites for hydroxylation is 2. The van der Waals surface area contributed by atoms with Gasteiger partial charge in [0.2, 0.25) is 10.0 Å². The number of aliphatic hydroxyl groups is 1. The smallest absolute Gasteiger partial charge is 0.241 e. The molecule has 0 amide bonds. The SMILES string of the molecule is Cc1ccc(C)c(S(=O)(=O)NC2CC(O)C2)c1. The molecule has 1 aromatic rings. The molecule has 0 bridgehead atoms. The van der Waals surface area contributed by atoms with Crippen LogP contribution in [0.1, 0.15) is 24.0 Å². The molecule has 0 aromatic heterocycles. The third-order valence-corrected chi connectivity index (χ3v) is 4.73. The summed E-state index contributed by atoms with van der Waals surface area (Å²) in [4.78, 5) is 0.332. The molecule has 94 valence electrons. The van der Waals surface area contributed by atoms with Crippen molar-refractivity contribution >= 4 is 10.0 Å². The van der Waals surface area contributed by atoms with Crippen molar-refractivity contribution in [3.63, 3.8) is 0 Å². The maximum Gasteiger partial charge on any atom is 0.241 e. The van der Waals surface area contributed by atoms with Crippen molar-refractivity contribution in [2.24, 2.45) is 0 Å². The summed E-state index contributed by atoms with van der Waals surface area (Å²) in [6.07, 6.45) is 0.648. The molecule has 0 atom stereocenters. The van der Waals surface area contributed by atoms with Crippen LogP contribution in [0.4, 0.5) is 0 Å². The van der Waals surface area contributed by atoms with Gasteiger partial charge in [-0.3, -0.25) is 0 Å². The molecule has 1 aromatic carbocycles. The van der Waals surface area contributed by atoms with Crippen LogP contribution in [0.5, 0.6) is 0 Å². The van der Waals surface area contributed by atoms with Crippen LogP contribution in [-0.4, -0.2) is 25.7 Å². The lowest BCUT2D eigenvalue weighted by Gasteiger charge is -2.31. The molecule has 1 fully saturated rings. The zero-order valence-corrected chi connectivity index (χ0v) is 10.8. The van der Waals surface area contributed by atoms with E-state index < -0.39 is 10.0 Å². The van der Waals surface area contributed by atoms with Crippen molar-refractivity contribution < 1.29 is 13.5 Å². The Hall–Kier alpha value is -0.910. The molecule has 17 heavy (non-hydrogen) atoms. The summed E-state index contributed by atoms with van der Waals surface area (Å²) in [6, 6.07) is 5.24. The van der Waals surface area contributed by atoms with Gasteiger partial charge in [-0.25, -0.2) is 13.1 Å². The largest absolute Gasteiger partial charge is 0.393 e. The number of aliphatic hydroxyl groups excluding tert-OH is 1. The van der Waals surface area contributed by atoms with E-state index in [1.807, 2.05) is 13.0 Å². The average molecular weight is 255 g/mol. The van der Waals surface area contributed by atoms with E-state index >= 15 is 0 Å². The molecule has 0 unspecified atom stereocenters. The van der Waals surface area contributed by atoms with Gasteiger partial charge >= 0.3 is 0 Å². The maximum absolute atomic E-state index is 12.1. The highest BCUT2D eigenvalue weighted by molar-refractivity contribution is 7.89. The normalized spacial score (nSPS) is 24.4. The Bertz CT molecular complexity index is 519. The zero-order chi connectivity index (χ0) is 12.6. The van der Waals surface area contributed by atoms with Gasteiger partial charge in [0.05, 0.1) is 11.0 Å². The Morgan fingerprint density at radius 3 is 2.53 bits per heavy atom. The van der Waals surface area contributed by atoms with Gasteiger partial charge in [0.15, 0.2) is 0 Å². The van der Waals surface area contributed by atoms with Gasteiger partial charge in [-0.15, -0.1) is 0 Å². The van der Waals surface area contributed by atoms with Gasteiger partial charge in [-0.1, -0.05) is 12.1 Å². The van der Waals surface area contributed by atoms with Crippen molar-refractivity contribution in [2.75, 3.05) is 0 Å². The van der Waals surface area contributed by atoms with Crippen LogP contribution in [0.25, 0.3) is 0 Å². The number of hydrogen-bond donors (Lipinski definition) is 2. The highest BCUT2D eigenvalue weighted by Crippen LogP contribution is 2.23. The molecule has 4 nitrogen and oxygen atoms in total. The Labute approximate surface area is 102 Å². The Kier molecular flexibility index (Phi) is 3.25. The first-order chi connectivity index (χ1) is 7.88. The Morgan fingerprint density at radius 2 is 1.94 bits per heavy atom. The summed E-state index contributed by atoms with van der Waals surface area (Å²) in [5, 5.41) is 9.15. The molecule has 0 aliphatic heterocycles. The molecule has 5 heteroatoms. The van der Waals surface area contributed by atoms with Crippen LogP contribution in [0.3, 0.4) is 0 Å². The fraction of sp³-hybridized carbons (Fsp3) is 0.500. The summed E-state index contributed by atoms with van der Waals surface area (Å²) < 4.78 is 26.9. The second-order valence-corrected chi connectivity index (χ2v) is 6.39. The highest BCUT2D eigenvalue weighted by Gasteiger charge is 2.31. The van der Waals surface area contributed by atoms with Crippen molar-refractivity contribution in [3.05, 3.63) is 29.3 Å². The van der Waals surface area contributed by atoms with Gasteiger partial charge < -0.3 is 5.11 Å². The zero-order valence-electron chi connectivity index (χ0n) is 9.97. The minimum Gasteiger partial charge on any atom is -0.393 e. The quantitative estimate of drug-likeness (QED) is 0.850. The standard InChI is InChI=1S/C12H17NO3S/c1-8-3-4-9(2)12(5-8)17(15,16)13-10-6-11(14)7-10/h3-5,10-11,13-14H,6-7H2,1-2H3. The lowest BCUT2D eigenvalue weighted by atomic mass is 9.91. The van der Waals surface area contributed by atoms with Crippen LogP contribution >= 0.6 is 0 Å². The molecule has 0 spiro atoms. The third-order valence-electron chi connectivity index (χ3n) is 3.07. The number of nitrogens with one attached hydrogen (secondary N) is 1. The monoisotopic (exact) mass is 255 g/mol. The average Bonchev–Trinajstić information content (AvgIpc) is 2.19. The first kappa shape index (κ1) is 12.5. The van der Waals surface area contributed by atoms with Crippen molar-refractivity contribution in [1.29, 1.82) is 0 Å². The lowest BCUT2D eigenvalue weighted by Crippen LogP contribution is -2.46. The summed E-state index contributed by atoms with van der Waals surface area (Å²) in [5.74, 6) is 0. The molecule has 2 rings (SSSR count). The summed E-state index contributed by atoms with van der Waals surface area (Å²) in [5.41, 5.74) is 1.66. The minimum atomic E-state index is -3.46. The van der Waals surface area contributed by atoms with Gasteiger partial charge in [-0.05, 0) is 43.9 Å². The second-order valence-electron chi connectivity index (χ2n) is 4.71. The van der Waals surface area contributed by atoms with E-state index in [1.165, 1.54) is 0 Å². The van der Waals surface area contributed by atoms with Gasteiger partial charge in [0, 0.05) is 6.04 Å². The summed E-state index contributed by atoms with van der Waals surface area (Å²) in [7, 11) is -3.46. The number of hydrogen-bond acceptors (Lipinski definition) is 3. The van der Waals surface area contributed by atoms with Gasteiger partial charge in [0.1, 0.15) is 0 Å². The fourth-order valence-corrected chi connectivity index (χ4v) is 3.55. The number of benzene rings is 1. The van der Waals surface area contributed by atoms with Crippen LogP contribution in [-0.2, 0) is 10.0 Å². The third kappa shape index (κ3) is 2.68. The van der Waals surface area contributed by atoms with E-state index in [0.717, 1.165) is 11.1 Å². The van der Waals surface area contributed by atoms with E-state index in [0.29, 0.717) is 17.7 Å². The van der Waals surface area contributed by atoms with E-state index in [4.69, 9.17) is 5.11 Å². The predicted molar refractivity (Wildman–Crippen MR) is 65.3 cm³/mol. The van der Waals surface area contributed by atoms with Crippen LogP contribution in [0, 0.1) is 13.8 Å². The molecule has 0 radical (unpaired) electrons. The van der Waals surface area contributed by atoms with E-state index in [1.54, 1.807) is 19.1 Å². The minimum absolute atomic E-state index is 0.130. The molecule has 0 saturated heterocycles. The van der Waals surface area contributed by atoms with Crippen molar-refractivity contribution in [3.8, 4) is 0 Å². The Morgan fingerprint density at radius 1 is 1.29 bits per heavy atom. The molecular weight excluding hydrogens is 238 g/mol. The first-order valence-corrected chi connectivity index (χ1v) is 7.14. The molecule has 1 aliphatic rings. The molecular formula is C12H17NO3S. The van der Waals surface area contributed by atoms with E-state index in [2.05, 4.69) is 4.72 Å². The first-order valence-electron chi connectivity index (χ1n) is 5.66. The second kappa shape index (κ2) is 4.40.